The average molecular weight is 325 g/mol. The highest BCUT2D eigenvalue weighted by Gasteiger charge is 2.14. The monoisotopic (exact) mass is 325 g/mol. The molecule has 2 heterocycles. The fraction of sp³-hybridized carbons (Fsp3) is 0.368. The summed E-state index contributed by atoms with van der Waals surface area (Å²) in [5.74, 6) is 1.04. The van der Waals surface area contributed by atoms with Crippen LogP contribution < -0.4 is 10.6 Å². The number of hydrogen-bond acceptors (Lipinski definition) is 4. The maximum Gasteiger partial charge on any atom is 0.165 e. The van der Waals surface area contributed by atoms with Gasteiger partial charge >= 0.3 is 0 Å². The molecule has 0 saturated carbocycles. The minimum Gasteiger partial charge on any atom is -0.370 e. The van der Waals surface area contributed by atoms with Crippen LogP contribution in [-0.2, 0) is 0 Å². The van der Waals surface area contributed by atoms with E-state index >= 15 is 0 Å². The third kappa shape index (κ3) is 3.74. The molecule has 5 heteroatoms. The zero-order valence-corrected chi connectivity index (χ0v) is 15.2. The summed E-state index contributed by atoms with van der Waals surface area (Å²) in [7, 11) is 3.75. The first-order valence-corrected chi connectivity index (χ1v) is 8.36. The summed E-state index contributed by atoms with van der Waals surface area (Å²) >= 11 is 0. The first kappa shape index (κ1) is 17.9. The number of aromatic nitrogens is 3. The Kier molecular flexibility index (Phi) is 6.32. The van der Waals surface area contributed by atoms with Gasteiger partial charge in [-0.25, -0.2) is 4.98 Å². The molecule has 5 nitrogen and oxygen atoms in total. The van der Waals surface area contributed by atoms with Gasteiger partial charge in [-0.1, -0.05) is 37.3 Å². The van der Waals surface area contributed by atoms with Gasteiger partial charge in [-0.2, -0.15) is 9.61 Å². The SMILES string of the molecule is CCCNc1c(C)c(C)nc2c(-c3ccccc3)cnn12.CNC. The van der Waals surface area contributed by atoms with Crippen molar-refractivity contribution in [3.8, 4) is 11.1 Å². The molecular formula is C19H27N5. The quantitative estimate of drug-likeness (QED) is 0.768. The lowest BCUT2D eigenvalue weighted by molar-refractivity contribution is 0.886. The second kappa shape index (κ2) is 8.45. The Labute approximate surface area is 144 Å². The number of aryl methyl sites for hydroxylation is 1. The van der Waals surface area contributed by atoms with Crippen molar-refractivity contribution in [2.75, 3.05) is 26.0 Å². The molecule has 0 saturated heterocycles. The fourth-order valence-corrected chi connectivity index (χ4v) is 2.46. The van der Waals surface area contributed by atoms with Crippen LogP contribution in [-0.4, -0.2) is 35.2 Å². The number of hydrogen-bond donors (Lipinski definition) is 2. The van der Waals surface area contributed by atoms with Gasteiger partial charge in [0.2, 0.25) is 0 Å². The van der Waals surface area contributed by atoms with E-state index in [0.29, 0.717) is 0 Å². The molecule has 0 aliphatic rings. The molecule has 0 fully saturated rings. The first-order valence-electron chi connectivity index (χ1n) is 8.36. The Morgan fingerprint density at radius 2 is 1.75 bits per heavy atom. The van der Waals surface area contributed by atoms with Crippen LogP contribution in [0.4, 0.5) is 5.82 Å². The summed E-state index contributed by atoms with van der Waals surface area (Å²) in [6.45, 7) is 7.23. The smallest absolute Gasteiger partial charge is 0.165 e. The van der Waals surface area contributed by atoms with E-state index in [1.54, 1.807) is 0 Å². The van der Waals surface area contributed by atoms with Crippen LogP contribution in [0.5, 0.6) is 0 Å². The van der Waals surface area contributed by atoms with E-state index < -0.39 is 0 Å². The van der Waals surface area contributed by atoms with Crippen LogP contribution in [0.15, 0.2) is 36.5 Å². The Hall–Kier alpha value is -2.40. The highest BCUT2D eigenvalue weighted by Crippen LogP contribution is 2.27. The molecule has 3 rings (SSSR count). The van der Waals surface area contributed by atoms with Gasteiger partial charge in [0.1, 0.15) is 5.82 Å². The number of nitrogens with one attached hydrogen (secondary N) is 2. The lowest BCUT2D eigenvalue weighted by Crippen LogP contribution is -2.10. The summed E-state index contributed by atoms with van der Waals surface area (Å²) in [4.78, 5) is 4.74. The van der Waals surface area contributed by atoms with Crippen LogP contribution in [0.1, 0.15) is 24.6 Å². The van der Waals surface area contributed by atoms with Gasteiger partial charge in [-0.15, -0.1) is 0 Å². The number of fused-ring (bicyclic) bond motifs is 1. The Morgan fingerprint density at radius 3 is 2.38 bits per heavy atom. The fourth-order valence-electron chi connectivity index (χ4n) is 2.46. The summed E-state index contributed by atoms with van der Waals surface area (Å²) < 4.78 is 1.92. The van der Waals surface area contributed by atoms with Gasteiger partial charge in [0.15, 0.2) is 5.65 Å². The van der Waals surface area contributed by atoms with Crippen LogP contribution >= 0.6 is 0 Å². The van der Waals surface area contributed by atoms with E-state index in [9.17, 15) is 0 Å². The molecule has 1 aromatic carbocycles. The van der Waals surface area contributed by atoms with E-state index in [1.807, 2.05) is 49.9 Å². The molecular weight excluding hydrogens is 298 g/mol. The standard InChI is InChI=1S/C17H20N4.C2H7N/c1-4-10-18-16-12(2)13(3)20-17-15(11-19-21(16)17)14-8-6-5-7-9-14;1-3-2/h5-9,11,18H,4,10H2,1-3H3;3H,1-2H3. The van der Waals surface area contributed by atoms with Crippen molar-refractivity contribution in [1.29, 1.82) is 0 Å². The molecule has 2 aromatic heterocycles. The largest absolute Gasteiger partial charge is 0.370 e. The van der Waals surface area contributed by atoms with E-state index in [2.05, 4.69) is 41.7 Å². The number of benzene rings is 1. The van der Waals surface area contributed by atoms with Gasteiger partial charge in [0.25, 0.3) is 0 Å². The zero-order chi connectivity index (χ0) is 17.5. The van der Waals surface area contributed by atoms with Gasteiger partial charge < -0.3 is 10.6 Å². The first-order chi connectivity index (χ1) is 11.6. The number of rotatable bonds is 4. The van der Waals surface area contributed by atoms with Crippen molar-refractivity contribution in [1.82, 2.24) is 19.9 Å². The highest BCUT2D eigenvalue weighted by molar-refractivity contribution is 5.78. The molecule has 0 amide bonds. The Morgan fingerprint density at radius 1 is 1.08 bits per heavy atom. The molecule has 0 bridgehead atoms. The van der Waals surface area contributed by atoms with Crippen LogP contribution in [0.3, 0.4) is 0 Å². The molecule has 3 aromatic rings. The summed E-state index contributed by atoms with van der Waals surface area (Å²) in [6, 6.07) is 10.3. The normalized spacial score (nSPS) is 10.4. The molecule has 0 aliphatic carbocycles. The molecule has 0 aliphatic heterocycles. The lowest BCUT2D eigenvalue weighted by atomic mass is 10.1. The highest BCUT2D eigenvalue weighted by atomic mass is 15.3. The van der Waals surface area contributed by atoms with Gasteiger partial charge in [0.05, 0.1) is 6.20 Å². The van der Waals surface area contributed by atoms with E-state index in [-0.39, 0.29) is 0 Å². The average Bonchev–Trinajstić information content (AvgIpc) is 3.00. The number of anilines is 1. The molecule has 0 radical (unpaired) electrons. The van der Waals surface area contributed by atoms with Crippen LogP contribution in [0.2, 0.25) is 0 Å². The molecule has 0 spiro atoms. The molecule has 0 atom stereocenters. The second-order valence-corrected chi connectivity index (χ2v) is 5.76. The summed E-state index contributed by atoms with van der Waals surface area (Å²) in [6.07, 6.45) is 2.97. The maximum absolute atomic E-state index is 4.74. The molecule has 24 heavy (non-hydrogen) atoms. The molecule has 0 unspecified atom stereocenters. The van der Waals surface area contributed by atoms with E-state index in [4.69, 9.17) is 4.98 Å². The van der Waals surface area contributed by atoms with E-state index in [1.165, 1.54) is 0 Å². The van der Waals surface area contributed by atoms with Crippen LogP contribution in [0, 0.1) is 13.8 Å². The van der Waals surface area contributed by atoms with Crippen LogP contribution in [0.25, 0.3) is 16.8 Å². The van der Waals surface area contributed by atoms with Gasteiger partial charge in [0, 0.05) is 23.4 Å². The topological polar surface area (TPSA) is 54.2 Å². The Bertz CT molecular complexity index is 777. The van der Waals surface area contributed by atoms with Crippen molar-refractivity contribution >= 4 is 11.5 Å². The minimum absolute atomic E-state index is 0.905. The van der Waals surface area contributed by atoms with Crippen molar-refractivity contribution in [2.24, 2.45) is 0 Å². The predicted molar refractivity (Wildman–Crippen MR) is 102 cm³/mol. The minimum atomic E-state index is 0.905. The zero-order valence-electron chi connectivity index (χ0n) is 15.2. The van der Waals surface area contributed by atoms with Crippen molar-refractivity contribution in [3.63, 3.8) is 0 Å². The third-order valence-electron chi connectivity index (χ3n) is 3.75. The van der Waals surface area contributed by atoms with Gasteiger partial charge in [-0.3, -0.25) is 0 Å². The maximum atomic E-state index is 4.74. The van der Waals surface area contributed by atoms with Crippen molar-refractivity contribution < 1.29 is 0 Å². The summed E-state index contributed by atoms with van der Waals surface area (Å²) in [5, 5.41) is 10.8. The molecule has 128 valence electrons. The van der Waals surface area contributed by atoms with Gasteiger partial charge in [-0.05, 0) is 39.9 Å². The third-order valence-corrected chi connectivity index (χ3v) is 3.75. The Balaban J connectivity index is 0.000000647. The lowest BCUT2D eigenvalue weighted by Gasteiger charge is -2.12. The van der Waals surface area contributed by atoms with E-state index in [0.717, 1.165) is 46.8 Å². The van der Waals surface area contributed by atoms with Crippen molar-refractivity contribution in [2.45, 2.75) is 27.2 Å². The summed E-state index contributed by atoms with van der Waals surface area (Å²) in [5.41, 5.74) is 5.31. The second-order valence-electron chi connectivity index (χ2n) is 5.76. The van der Waals surface area contributed by atoms with Crippen molar-refractivity contribution in [3.05, 3.63) is 47.8 Å². The predicted octanol–water partition coefficient (Wildman–Crippen LogP) is 3.67. The molecule has 2 N–H and O–H groups in total. The number of nitrogens with zero attached hydrogens (tertiary/aromatic N) is 3.